The Morgan fingerprint density at radius 2 is 0.852 bits per heavy atom. The molecule has 0 radical (unpaired) electrons. The molecule has 4 nitrogen and oxygen atoms in total. The lowest BCUT2D eigenvalue weighted by Crippen LogP contribution is -2.09. The Labute approximate surface area is 184 Å². The average molecular weight is 564 g/mol. The third-order valence-corrected chi connectivity index (χ3v) is 12.4. The van der Waals surface area contributed by atoms with Gasteiger partial charge in [-0.25, -0.2) is 16.8 Å². The molecule has 27 heavy (non-hydrogen) atoms. The Balaban J connectivity index is 2.15. The summed E-state index contributed by atoms with van der Waals surface area (Å²) in [5.74, 6) is 0.332. The van der Waals surface area contributed by atoms with Gasteiger partial charge in [-0.15, -0.1) is 11.3 Å². The van der Waals surface area contributed by atoms with E-state index in [0.717, 1.165) is 38.5 Å². The van der Waals surface area contributed by atoms with Gasteiger partial charge in [0, 0.05) is 18.7 Å². The minimum atomic E-state index is -3.19. The van der Waals surface area contributed by atoms with Gasteiger partial charge in [0.2, 0.25) is 0 Å². The molecule has 0 saturated heterocycles. The second-order valence-corrected chi connectivity index (χ2v) is 14.4. The van der Waals surface area contributed by atoms with Crippen LogP contribution >= 0.6 is 43.2 Å². The van der Waals surface area contributed by atoms with E-state index in [1.165, 1.54) is 24.2 Å². The highest BCUT2D eigenvalue weighted by Gasteiger charge is 2.23. The summed E-state index contributed by atoms with van der Waals surface area (Å²) in [5.41, 5.74) is 0. The summed E-state index contributed by atoms with van der Waals surface area (Å²) in [6.45, 7) is 0. The molecular weight excluding hydrogens is 536 g/mol. The van der Waals surface area contributed by atoms with Crippen LogP contribution in [0.1, 0.15) is 74.0 Å². The Kier molecular flexibility index (Phi) is 9.79. The van der Waals surface area contributed by atoms with Crippen LogP contribution in [0.3, 0.4) is 0 Å². The maximum Gasteiger partial charge on any atom is 0.155 e. The van der Waals surface area contributed by atoms with Crippen molar-refractivity contribution in [1.82, 2.24) is 0 Å². The third kappa shape index (κ3) is 8.44. The molecular formula is C18H28Br2O4S3. The van der Waals surface area contributed by atoms with Crippen molar-refractivity contribution < 1.29 is 16.8 Å². The lowest BCUT2D eigenvalue weighted by atomic mass is 10.1. The van der Waals surface area contributed by atoms with Crippen LogP contribution in [0, 0.1) is 0 Å². The summed E-state index contributed by atoms with van der Waals surface area (Å²) in [4.78, 5) is 1.37. The van der Waals surface area contributed by atoms with Crippen LogP contribution in [0.15, 0.2) is 8.95 Å². The van der Waals surface area contributed by atoms with Gasteiger partial charge < -0.3 is 0 Å². The summed E-state index contributed by atoms with van der Waals surface area (Å²) in [5, 5.41) is 0. The first-order valence-corrected chi connectivity index (χ1v) is 15.6. The first kappa shape index (κ1) is 23.8. The van der Waals surface area contributed by atoms with Crippen molar-refractivity contribution in [2.75, 3.05) is 11.5 Å². The topological polar surface area (TPSA) is 68.3 Å². The fourth-order valence-electron chi connectivity index (χ4n) is 3.27. The van der Waals surface area contributed by atoms with E-state index in [1.54, 1.807) is 0 Å². The van der Waals surface area contributed by atoms with Crippen LogP contribution < -0.4 is 0 Å². The molecule has 0 N–H and O–H groups in total. The molecule has 0 amide bonds. The van der Waals surface area contributed by atoms with E-state index in [9.17, 15) is 16.8 Å². The maximum atomic E-state index is 12.5. The van der Waals surface area contributed by atoms with E-state index in [0.29, 0.717) is 31.5 Å². The Bertz CT molecular complexity index is 747. The van der Waals surface area contributed by atoms with Gasteiger partial charge >= 0.3 is 0 Å². The number of rotatable bonds is 0. The monoisotopic (exact) mass is 562 g/mol. The van der Waals surface area contributed by atoms with Crippen molar-refractivity contribution in [2.45, 2.75) is 75.7 Å². The molecule has 0 aromatic carbocycles. The molecule has 0 aliphatic carbocycles. The molecule has 0 fully saturated rings. The van der Waals surface area contributed by atoms with Crippen molar-refractivity contribution in [3.63, 3.8) is 0 Å². The molecule has 1 aliphatic heterocycles. The van der Waals surface area contributed by atoms with Gasteiger partial charge in [-0.05, 0) is 44.7 Å². The quantitative estimate of drug-likeness (QED) is 0.387. The molecule has 1 aromatic rings. The Morgan fingerprint density at radius 1 is 0.556 bits per heavy atom. The fourth-order valence-corrected chi connectivity index (χ4v) is 10.0. The number of hydrogen-bond acceptors (Lipinski definition) is 5. The first-order chi connectivity index (χ1) is 12.7. The van der Waals surface area contributed by atoms with Gasteiger partial charge in [0.15, 0.2) is 19.7 Å². The van der Waals surface area contributed by atoms with Crippen molar-refractivity contribution in [3.8, 4) is 0 Å². The summed E-state index contributed by atoms with van der Waals surface area (Å²) < 4.78 is 51.2. The summed E-state index contributed by atoms with van der Waals surface area (Å²) in [6, 6.07) is 0. The van der Waals surface area contributed by atoms with Crippen LogP contribution in [0.4, 0.5) is 0 Å². The van der Waals surface area contributed by atoms with Gasteiger partial charge in [-0.3, -0.25) is 0 Å². The largest absolute Gasteiger partial charge is 0.228 e. The van der Waals surface area contributed by atoms with Crippen molar-refractivity contribution in [1.29, 1.82) is 0 Å². The van der Waals surface area contributed by atoms with Gasteiger partial charge in [-0.2, -0.15) is 0 Å². The van der Waals surface area contributed by atoms with Gasteiger partial charge in [0.1, 0.15) is 0 Å². The van der Waals surface area contributed by atoms with E-state index in [1.807, 2.05) is 0 Å². The van der Waals surface area contributed by atoms with Gasteiger partial charge in [0.25, 0.3) is 0 Å². The minimum Gasteiger partial charge on any atom is -0.228 e. The number of fused-ring (bicyclic) bond motifs is 2. The fraction of sp³-hybridized carbons (Fsp3) is 0.778. The average Bonchev–Trinajstić information content (AvgIpc) is 2.82. The Hall–Kier alpha value is 0.560. The third-order valence-electron chi connectivity index (χ3n) is 4.79. The highest BCUT2D eigenvalue weighted by atomic mass is 79.9. The number of halogens is 2. The maximum absolute atomic E-state index is 12.5. The summed E-state index contributed by atoms with van der Waals surface area (Å²) >= 11 is 8.16. The molecule has 0 saturated carbocycles. The lowest BCUT2D eigenvalue weighted by Gasteiger charge is -2.05. The van der Waals surface area contributed by atoms with E-state index in [2.05, 4.69) is 31.9 Å². The molecule has 0 atom stereocenters. The molecule has 2 rings (SSSR count). The normalized spacial score (nSPS) is 23.0. The van der Waals surface area contributed by atoms with Crippen LogP contribution in [0.25, 0.3) is 0 Å². The Morgan fingerprint density at radius 3 is 1.19 bits per heavy atom. The molecule has 2 heterocycles. The van der Waals surface area contributed by atoms with E-state index in [-0.39, 0.29) is 23.0 Å². The first-order valence-electron chi connectivity index (χ1n) is 9.56. The zero-order chi connectivity index (χ0) is 19.9. The second-order valence-electron chi connectivity index (χ2n) is 7.30. The molecule has 2 bridgehead atoms. The molecule has 1 aliphatic rings. The van der Waals surface area contributed by atoms with E-state index in [4.69, 9.17) is 0 Å². The van der Waals surface area contributed by atoms with Gasteiger partial charge in [-0.1, -0.05) is 51.4 Å². The SMILES string of the molecule is O=S1(=O)CCCCCCCCCCCCS(=O)(=O)Cc2sc(c(Br)c2Br)C1. The van der Waals surface area contributed by atoms with Gasteiger partial charge in [0.05, 0.1) is 23.0 Å². The van der Waals surface area contributed by atoms with Crippen LogP contribution in [-0.2, 0) is 31.2 Å². The zero-order valence-corrected chi connectivity index (χ0v) is 21.1. The van der Waals surface area contributed by atoms with Crippen LogP contribution in [0.2, 0.25) is 0 Å². The lowest BCUT2D eigenvalue weighted by molar-refractivity contribution is 0.554. The number of sulfone groups is 2. The van der Waals surface area contributed by atoms with Crippen LogP contribution in [0.5, 0.6) is 0 Å². The van der Waals surface area contributed by atoms with Crippen molar-refractivity contribution >= 4 is 62.9 Å². The predicted octanol–water partition coefficient (Wildman–Crippen LogP) is 6.02. The van der Waals surface area contributed by atoms with Crippen LogP contribution in [-0.4, -0.2) is 28.3 Å². The highest BCUT2D eigenvalue weighted by Crippen LogP contribution is 2.39. The molecule has 0 spiro atoms. The number of thiophene rings is 1. The smallest absolute Gasteiger partial charge is 0.155 e. The highest BCUT2D eigenvalue weighted by molar-refractivity contribution is 9.13. The molecule has 156 valence electrons. The summed E-state index contributed by atoms with van der Waals surface area (Å²) in [7, 11) is -6.38. The minimum absolute atomic E-state index is 0.0309. The molecule has 1 aromatic heterocycles. The predicted molar refractivity (Wildman–Crippen MR) is 121 cm³/mol. The standard InChI is InChI=1S/C18H28Br2O4S3/c19-17-15-13-26(21,22)11-9-7-5-3-1-2-4-6-8-10-12-27(23,24)14-16(25-15)18(17)20/h1-14H2. The van der Waals surface area contributed by atoms with E-state index < -0.39 is 19.7 Å². The summed E-state index contributed by atoms with van der Waals surface area (Å²) in [6.07, 6.45) is 10.2. The number of hydrogen-bond donors (Lipinski definition) is 0. The van der Waals surface area contributed by atoms with E-state index >= 15 is 0 Å². The zero-order valence-electron chi connectivity index (χ0n) is 15.5. The van der Waals surface area contributed by atoms with Crippen molar-refractivity contribution in [2.24, 2.45) is 0 Å². The molecule has 9 heteroatoms. The molecule has 0 unspecified atom stereocenters. The second kappa shape index (κ2) is 11.1. The van der Waals surface area contributed by atoms with Crippen molar-refractivity contribution in [3.05, 3.63) is 18.7 Å².